The van der Waals surface area contributed by atoms with Gasteiger partial charge >= 0.3 is 0 Å². The highest BCUT2D eigenvalue weighted by Crippen LogP contribution is 2.25. The summed E-state index contributed by atoms with van der Waals surface area (Å²) in [5, 5.41) is 14.6. The highest BCUT2D eigenvalue weighted by atomic mass is 32.2. The molecule has 10 nitrogen and oxygen atoms in total. The number of aryl methyl sites for hydroxylation is 2. The first-order valence-corrected chi connectivity index (χ1v) is 9.62. The molecule has 0 saturated carbocycles. The first-order chi connectivity index (χ1) is 12.7. The van der Waals surface area contributed by atoms with Gasteiger partial charge in [-0.3, -0.25) is 14.9 Å². The Hall–Kier alpha value is -2.79. The van der Waals surface area contributed by atoms with E-state index in [1.165, 1.54) is 27.4 Å². The lowest BCUT2D eigenvalue weighted by Crippen LogP contribution is -2.50. The van der Waals surface area contributed by atoms with E-state index < -0.39 is 14.9 Å². The predicted octanol–water partition coefficient (Wildman–Crippen LogP) is 1.35. The van der Waals surface area contributed by atoms with Gasteiger partial charge in [0.25, 0.3) is 11.6 Å². The van der Waals surface area contributed by atoms with Crippen molar-refractivity contribution in [3.05, 3.63) is 51.4 Å². The van der Waals surface area contributed by atoms with E-state index in [1.807, 2.05) is 0 Å². The van der Waals surface area contributed by atoms with E-state index in [1.54, 1.807) is 13.8 Å². The normalized spacial score (nSPS) is 15.7. The summed E-state index contributed by atoms with van der Waals surface area (Å²) in [5.74, 6) is 0.191. The molecule has 1 aliphatic rings. The van der Waals surface area contributed by atoms with Crippen LogP contribution in [0, 0.1) is 24.0 Å². The highest BCUT2D eigenvalue weighted by molar-refractivity contribution is 7.89. The number of nitro groups is 1. The number of nitro benzene ring substituents is 1. The van der Waals surface area contributed by atoms with E-state index >= 15 is 0 Å². The molecule has 1 aromatic carbocycles. The lowest BCUT2D eigenvalue weighted by atomic mass is 10.2. The van der Waals surface area contributed by atoms with Crippen molar-refractivity contribution in [3.8, 4) is 0 Å². The zero-order valence-corrected chi connectivity index (χ0v) is 15.6. The van der Waals surface area contributed by atoms with Gasteiger partial charge in [0.15, 0.2) is 5.69 Å². The van der Waals surface area contributed by atoms with Crippen LogP contribution in [-0.2, 0) is 10.0 Å². The molecule has 0 radical (unpaired) electrons. The van der Waals surface area contributed by atoms with Crippen LogP contribution in [0.2, 0.25) is 0 Å². The third kappa shape index (κ3) is 3.69. The molecule has 1 aromatic heterocycles. The van der Waals surface area contributed by atoms with Crippen molar-refractivity contribution < 1.29 is 22.7 Å². The Kier molecular flexibility index (Phi) is 4.98. The standard InChI is InChI=1S/C16H18N4O6S/c1-11-3-4-13(20(22)23)10-15(11)27(24,25)19-7-5-18(6-8-19)16(21)14-9-12(2)26-17-14/h3-4,9-10H,5-8H2,1-2H3. The molecule has 1 amide bonds. The van der Waals surface area contributed by atoms with E-state index in [-0.39, 0.29) is 48.4 Å². The Morgan fingerprint density at radius 3 is 2.41 bits per heavy atom. The van der Waals surface area contributed by atoms with Crippen LogP contribution < -0.4 is 0 Å². The van der Waals surface area contributed by atoms with Gasteiger partial charge in [-0.15, -0.1) is 0 Å². The third-order valence-corrected chi connectivity index (χ3v) is 6.41. The minimum atomic E-state index is -3.90. The molecule has 1 aliphatic heterocycles. The number of rotatable bonds is 4. The molecule has 1 fully saturated rings. The lowest BCUT2D eigenvalue weighted by molar-refractivity contribution is -0.385. The van der Waals surface area contributed by atoms with Crippen LogP contribution in [0.1, 0.15) is 21.8 Å². The van der Waals surface area contributed by atoms with Crippen LogP contribution >= 0.6 is 0 Å². The van der Waals surface area contributed by atoms with Gasteiger partial charge in [0.1, 0.15) is 5.76 Å². The van der Waals surface area contributed by atoms with E-state index in [9.17, 15) is 23.3 Å². The second kappa shape index (κ2) is 7.08. The number of amides is 1. The molecule has 2 heterocycles. The fourth-order valence-corrected chi connectivity index (χ4v) is 4.55. The largest absolute Gasteiger partial charge is 0.361 e. The first-order valence-electron chi connectivity index (χ1n) is 8.18. The summed E-state index contributed by atoms with van der Waals surface area (Å²) >= 11 is 0. The maximum absolute atomic E-state index is 12.9. The molecule has 11 heteroatoms. The van der Waals surface area contributed by atoms with Crippen molar-refractivity contribution in [2.75, 3.05) is 26.2 Å². The van der Waals surface area contributed by atoms with E-state index in [4.69, 9.17) is 4.52 Å². The summed E-state index contributed by atoms with van der Waals surface area (Å²) in [6, 6.07) is 5.28. The number of carbonyl (C=O) groups excluding carboxylic acids is 1. The second-order valence-electron chi connectivity index (χ2n) is 6.23. The second-order valence-corrected chi connectivity index (χ2v) is 8.13. The van der Waals surface area contributed by atoms with Gasteiger partial charge in [-0.2, -0.15) is 4.31 Å². The number of non-ortho nitro benzene ring substituents is 1. The van der Waals surface area contributed by atoms with E-state index in [0.29, 0.717) is 11.3 Å². The minimum Gasteiger partial charge on any atom is -0.361 e. The zero-order chi connectivity index (χ0) is 19.8. The molecule has 1 saturated heterocycles. The molecular weight excluding hydrogens is 376 g/mol. The number of aromatic nitrogens is 1. The molecule has 0 spiro atoms. The zero-order valence-electron chi connectivity index (χ0n) is 14.8. The van der Waals surface area contributed by atoms with Crippen molar-refractivity contribution in [2.45, 2.75) is 18.7 Å². The van der Waals surface area contributed by atoms with Gasteiger partial charge in [-0.05, 0) is 19.4 Å². The summed E-state index contributed by atoms with van der Waals surface area (Å²) in [4.78, 5) is 24.1. The summed E-state index contributed by atoms with van der Waals surface area (Å²) in [6.45, 7) is 3.83. The predicted molar refractivity (Wildman–Crippen MR) is 93.7 cm³/mol. The summed E-state index contributed by atoms with van der Waals surface area (Å²) < 4.78 is 31.9. The molecule has 27 heavy (non-hydrogen) atoms. The summed E-state index contributed by atoms with van der Waals surface area (Å²) in [5.41, 5.74) is 0.324. The Bertz CT molecular complexity index is 992. The topological polar surface area (TPSA) is 127 Å². The van der Waals surface area contributed by atoms with Crippen LogP contribution in [0.3, 0.4) is 0 Å². The molecule has 2 aromatic rings. The van der Waals surface area contributed by atoms with Crippen LogP contribution in [0.4, 0.5) is 5.69 Å². The van der Waals surface area contributed by atoms with Crippen LogP contribution in [0.25, 0.3) is 0 Å². The number of hydrogen-bond donors (Lipinski definition) is 0. The fourth-order valence-electron chi connectivity index (χ4n) is 2.88. The average molecular weight is 394 g/mol. The lowest BCUT2D eigenvalue weighted by Gasteiger charge is -2.33. The Labute approximate surface area is 155 Å². The van der Waals surface area contributed by atoms with Crippen LogP contribution in [-0.4, -0.2) is 59.8 Å². The summed E-state index contributed by atoms with van der Waals surface area (Å²) in [7, 11) is -3.90. The number of hydrogen-bond acceptors (Lipinski definition) is 7. The molecule has 0 N–H and O–H groups in total. The van der Waals surface area contributed by atoms with Crippen LogP contribution in [0.5, 0.6) is 0 Å². The average Bonchev–Trinajstić information content (AvgIpc) is 3.07. The Morgan fingerprint density at radius 1 is 1.19 bits per heavy atom. The van der Waals surface area contributed by atoms with Crippen molar-refractivity contribution in [3.63, 3.8) is 0 Å². The van der Waals surface area contributed by atoms with E-state index in [2.05, 4.69) is 5.16 Å². The Morgan fingerprint density at radius 2 is 1.85 bits per heavy atom. The third-order valence-electron chi connectivity index (χ3n) is 4.37. The molecule has 0 atom stereocenters. The van der Waals surface area contributed by atoms with Crippen molar-refractivity contribution in [1.82, 2.24) is 14.4 Å². The van der Waals surface area contributed by atoms with Gasteiger partial charge in [0.2, 0.25) is 10.0 Å². The van der Waals surface area contributed by atoms with Crippen molar-refractivity contribution >= 4 is 21.6 Å². The highest BCUT2D eigenvalue weighted by Gasteiger charge is 2.32. The van der Waals surface area contributed by atoms with Gasteiger partial charge in [0, 0.05) is 44.4 Å². The van der Waals surface area contributed by atoms with Crippen LogP contribution in [0.15, 0.2) is 33.7 Å². The van der Waals surface area contributed by atoms with Crippen molar-refractivity contribution in [2.24, 2.45) is 0 Å². The van der Waals surface area contributed by atoms with E-state index in [0.717, 1.165) is 6.07 Å². The van der Waals surface area contributed by atoms with Gasteiger partial charge in [-0.1, -0.05) is 11.2 Å². The number of piperazine rings is 1. The van der Waals surface area contributed by atoms with Gasteiger partial charge < -0.3 is 9.42 Å². The molecule has 0 aliphatic carbocycles. The number of carbonyl (C=O) groups is 1. The number of sulfonamides is 1. The molecule has 0 bridgehead atoms. The molecule has 0 unspecified atom stereocenters. The fraction of sp³-hybridized carbons (Fsp3) is 0.375. The summed E-state index contributed by atoms with van der Waals surface area (Å²) in [6.07, 6.45) is 0. The first kappa shape index (κ1) is 19.0. The Balaban J connectivity index is 1.76. The van der Waals surface area contributed by atoms with Crippen molar-refractivity contribution in [1.29, 1.82) is 0 Å². The maximum Gasteiger partial charge on any atom is 0.276 e. The molecular formula is C16H18N4O6S. The number of nitrogens with zero attached hydrogens (tertiary/aromatic N) is 4. The quantitative estimate of drug-likeness (QED) is 0.565. The number of benzene rings is 1. The van der Waals surface area contributed by atoms with Gasteiger partial charge in [-0.25, -0.2) is 8.42 Å². The molecule has 144 valence electrons. The minimum absolute atomic E-state index is 0.0903. The smallest absolute Gasteiger partial charge is 0.276 e. The maximum atomic E-state index is 12.9. The monoisotopic (exact) mass is 394 g/mol. The SMILES string of the molecule is Cc1cc(C(=O)N2CCN(S(=O)(=O)c3cc([N+](=O)[O-])ccc3C)CC2)no1. The van der Waals surface area contributed by atoms with Gasteiger partial charge in [0.05, 0.1) is 9.82 Å². The molecule has 3 rings (SSSR count).